The molecule has 0 aliphatic carbocycles. The molecule has 3 N–H and O–H groups in total. The molecular formula is C20H37NO3. The van der Waals surface area contributed by atoms with E-state index in [1.54, 1.807) is 12.3 Å². The van der Waals surface area contributed by atoms with E-state index in [0.717, 1.165) is 6.42 Å². The fourth-order valence-corrected chi connectivity index (χ4v) is 2.59. The molecular weight excluding hydrogens is 302 g/mol. The summed E-state index contributed by atoms with van der Waals surface area (Å²) >= 11 is 0. The summed E-state index contributed by atoms with van der Waals surface area (Å²) in [6.07, 6.45) is 19.3. The molecule has 1 aromatic heterocycles. The van der Waals surface area contributed by atoms with E-state index in [2.05, 4.69) is 11.9 Å². The Hall–Kier alpha value is -1.29. The number of rotatable bonds is 14. The SMILES string of the molecule is CCCCCCCCCCCCCCCO.O=C(O)c1ccc[nH]1. The minimum Gasteiger partial charge on any atom is -0.477 e. The smallest absolute Gasteiger partial charge is 0.352 e. The van der Waals surface area contributed by atoms with Gasteiger partial charge in [-0.15, -0.1) is 0 Å². The molecule has 0 fully saturated rings. The molecule has 1 heterocycles. The summed E-state index contributed by atoms with van der Waals surface area (Å²) in [5, 5.41) is 16.9. The second-order valence-electron chi connectivity index (χ2n) is 6.36. The van der Waals surface area contributed by atoms with Crippen molar-refractivity contribution in [2.45, 2.75) is 90.4 Å². The summed E-state index contributed by atoms with van der Waals surface area (Å²) in [4.78, 5) is 12.6. The zero-order chi connectivity index (χ0) is 17.9. The molecule has 0 atom stereocenters. The molecule has 0 aromatic carbocycles. The lowest BCUT2D eigenvalue weighted by atomic mass is 10.0. The Kier molecular flexibility index (Phi) is 17.1. The Bertz CT molecular complexity index is 349. The van der Waals surface area contributed by atoms with Gasteiger partial charge in [0.15, 0.2) is 0 Å². The average Bonchev–Trinajstić information content (AvgIpc) is 3.11. The van der Waals surface area contributed by atoms with E-state index < -0.39 is 5.97 Å². The maximum atomic E-state index is 10.0. The standard InChI is InChI=1S/C15H32O.C5H5NO2/c1-2-3-4-5-6-7-8-9-10-11-12-13-14-15-16;7-5(8)4-2-1-3-6-4/h16H,2-15H2,1H3;1-3,6H,(H,7,8). The van der Waals surface area contributed by atoms with Crippen LogP contribution < -0.4 is 0 Å². The van der Waals surface area contributed by atoms with E-state index in [0.29, 0.717) is 6.61 Å². The van der Waals surface area contributed by atoms with Crippen LogP contribution in [0.2, 0.25) is 0 Å². The third-order valence-corrected chi connectivity index (χ3v) is 4.09. The van der Waals surface area contributed by atoms with E-state index >= 15 is 0 Å². The van der Waals surface area contributed by atoms with Crippen molar-refractivity contribution in [1.82, 2.24) is 4.98 Å². The number of carbonyl (C=O) groups is 1. The van der Waals surface area contributed by atoms with E-state index in [4.69, 9.17) is 10.2 Å². The van der Waals surface area contributed by atoms with Crippen LogP contribution in [-0.2, 0) is 0 Å². The number of aromatic carboxylic acids is 1. The molecule has 0 aliphatic heterocycles. The monoisotopic (exact) mass is 339 g/mol. The lowest BCUT2D eigenvalue weighted by Gasteiger charge is -2.02. The number of carboxylic acid groups (broad SMARTS) is 1. The fraction of sp³-hybridized carbons (Fsp3) is 0.750. The third-order valence-electron chi connectivity index (χ3n) is 4.09. The van der Waals surface area contributed by atoms with Gasteiger partial charge in [0.1, 0.15) is 5.69 Å². The van der Waals surface area contributed by atoms with Crippen LogP contribution in [0.5, 0.6) is 0 Å². The van der Waals surface area contributed by atoms with Crippen molar-refractivity contribution in [2.75, 3.05) is 6.61 Å². The molecule has 0 bridgehead atoms. The summed E-state index contributed by atoms with van der Waals surface area (Å²) in [6.45, 7) is 2.65. The minimum absolute atomic E-state index is 0.227. The molecule has 0 radical (unpaired) electrons. The van der Waals surface area contributed by atoms with Gasteiger partial charge < -0.3 is 15.2 Å². The number of aromatic amines is 1. The van der Waals surface area contributed by atoms with Crippen LogP contribution in [0, 0.1) is 0 Å². The predicted molar refractivity (Wildman–Crippen MR) is 101 cm³/mol. The van der Waals surface area contributed by atoms with E-state index in [1.807, 2.05) is 0 Å². The number of aromatic nitrogens is 1. The average molecular weight is 340 g/mol. The molecule has 4 nitrogen and oxygen atoms in total. The molecule has 1 aromatic rings. The van der Waals surface area contributed by atoms with Crippen molar-refractivity contribution in [2.24, 2.45) is 0 Å². The molecule has 0 spiro atoms. The zero-order valence-corrected chi connectivity index (χ0v) is 15.4. The van der Waals surface area contributed by atoms with Gasteiger partial charge in [-0.05, 0) is 18.6 Å². The lowest BCUT2D eigenvalue weighted by Crippen LogP contribution is -1.94. The minimum atomic E-state index is -0.921. The molecule has 0 saturated carbocycles. The Balaban J connectivity index is 0.000000546. The number of aliphatic hydroxyl groups is 1. The van der Waals surface area contributed by atoms with Crippen molar-refractivity contribution in [3.8, 4) is 0 Å². The number of unbranched alkanes of at least 4 members (excludes halogenated alkanes) is 12. The summed E-state index contributed by atoms with van der Waals surface area (Å²) in [5.41, 5.74) is 0.227. The zero-order valence-electron chi connectivity index (χ0n) is 15.4. The number of H-pyrrole nitrogens is 1. The molecule has 24 heavy (non-hydrogen) atoms. The summed E-state index contributed by atoms with van der Waals surface area (Å²) in [7, 11) is 0. The van der Waals surface area contributed by atoms with Crippen molar-refractivity contribution in [1.29, 1.82) is 0 Å². The molecule has 0 unspecified atom stereocenters. The van der Waals surface area contributed by atoms with Crippen molar-refractivity contribution in [3.63, 3.8) is 0 Å². The fourth-order valence-electron chi connectivity index (χ4n) is 2.59. The molecule has 140 valence electrons. The number of hydrogen-bond acceptors (Lipinski definition) is 2. The highest BCUT2D eigenvalue weighted by Crippen LogP contribution is 2.12. The van der Waals surface area contributed by atoms with Gasteiger partial charge in [0.05, 0.1) is 0 Å². The van der Waals surface area contributed by atoms with Crippen LogP contribution in [0.1, 0.15) is 101 Å². The number of aliphatic hydroxyl groups excluding tert-OH is 1. The second-order valence-corrected chi connectivity index (χ2v) is 6.36. The summed E-state index contributed by atoms with van der Waals surface area (Å²) in [6, 6.07) is 3.14. The van der Waals surface area contributed by atoms with Gasteiger partial charge in [-0.1, -0.05) is 84.0 Å². The van der Waals surface area contributed by atoms with Gasteiger partial charge in [-0.3, -0.25) is 0 Å². The van der Waals surface area contributed by atoms with Crippen molar-refractivity contribution >= 4 is 5.97 Å². The first-order valence-electron chi connectivity index (χ1n) is 9.70. The summed E-state index contributed by atoms with van der Waals surface area (Å²) < 4.78 is 0. The van der Waals surface area contributed by atoms with Gasteiger partial charge >= 0.3 is 5.97 Å². The molecule has 0 amide bonds. The Labute approximate surface area is 147 Å². The largest absolute Gasteiger partial charge is 0.477 e. The topological polar surface area (TPSA) is 73.3 Å². The highest BCUT2D eigenvalue weighted by molar-refractivity contribution is 5.85. The van der Waals surface area contributed by atoms with Gasteiger partial charge in [-0.25, -0.2) is 4.79 Å². The first-order valence-corrected chi connectivity index (χ1v) is 9.70. The Morgan fingerprint density at radius 2 is 1.33 bits per heavy atom. The maximum Gasteiger partial charge on any atom is 0.352 e. The summed E-state index contributed by atoms with van der Waals surface area (Å²) in [5.74, 6) is -0.921. The first-order chi connectivity index (χ1) is 11.7. The first kappa shape index (κ1) is 22.7. The molecule has 4 heteroatoms. The van der Waals surface area contributed by atoms with Crippen LogP contribution in [-0.4, -0.2) is 27.8 Å². The second kappa shape index (κ2) is 18.1. The Morgan fingerprint density at radius 1 is 0.875 bits per heavy atom. The number of hydrogen-bond donors (Lipinski definition) is 3. The van der Waals surface area contributed by atoms with Gasteiger partial charge in [-0.2, -0.15) is 0 Å². The van der Waals surface area contributed by atoms with Gasteiger partial charge in [0.2, 0.25) is 0 Å². The molecule has 0 saturated heterocycles. The van der Waals surface area contributed by atoms with Crippen molar-refractivity contribution < 1.29 is 15.0 Å². The third kappa shape index (κ3) is 15.6. The van der Waals surface area contributed by atoms with Crippen molar-refractivity contribution in [3.05, 3.63) is 24.0 Å². The predicted octanol–water partition coefficient (Wildman–Crippen LogP) is 5.78. The Morgan fingerprint density at radius 3 is 1.62 bits per heavy atom. The normalized spacial score (nSPS) is 10.2. The molecule has 0 aliphatic rings. The van der Waals surface area contributed by atoms with Gasteiger partial charge in [0.25, 0.3) is 0 Å². The maximum absolute atomic E-state index is 10.0. The van der Waals surface area contributed by atoms with E-state index in [9.17, 15) is 4.79 Å². The number of carboxylic acids is 1. The van der Waals surface area contributed by atoms with Crippen LogP contribution >= 0.6 is 0 Å². The van der Waals surface area contributed by atoms with Crippen LogP contribution in [0.4, 0.5) is 0 Å². The van der Waals surface area contributed by atoms with E-state index in [-0.39, 0.29) is 5.69 Å². The molecule has 1 rings (SSSR count). The lowest BCUT2D eigenvalue weighted by molar-refractivity contribution is 0.0691. The quantitative estimate of drug-likeness (QED) is 0.376. The van der Waals surface area contributed by atoms with Crippen LogP contribution in [0.15, 0.2) is 18.3 Å². The van der Waals surface area contributed by atoms with Crippen LogP contribution in [0.3, 0.4) is 0 Å². The van der Waals surface area contributed by atoms with Crippen LogP contribution in [0.25, 0.3) is 0 Å². The van der Waals surface area contributed by atoms with Gasteiger partial charge in [0, 0.05) is 12.8 Å². The van der Waals surface area contributed by atoms with E-state index in [1.165, 1.54) is 83.1 Å². The number of nitrogens with one attached hydrogen (secondary N) is 1. The highest BCUT2D eigenvalue weighted by Gasteiger charge is 1.98. The highest BCUT2D eigenvalue weighted by atomic mass is 16.4.